The fourth-order valence-electron chi connectivity index (χ4n) is 2.66. The minimum atomic E-state index is -1.48. The lowest BCUT2D eigenvalue weighted by Crippen LogP contribution is -2.07. The van der Waals surface area contributed by atoms with E-state index in [-0.39, 0.29) is 5.92 Å². The van der Waals surface area contributed by atoms with Crippen LogP contribution in [0.5, 0.6) is 0 Å². The smallest absolute Gasteiger partial charge is 0.174 e. The van der Waals surface area contributed by atoms with Crippen molar-refractivity contribution in [2.45, 2.75) is 25.7 Å². The van der Waals surface area contributed by atoms with Gasteiger partial charge in [0.2, 0.25) is 0 Å². The van der Waals surface area contributed by atoms with Crippen LogP contribution in [0.3, 0.4) is 0 Å². The van der Waals surface area contributed by atoms with Gasteiger partial charge in [-0.3, -0.25) is 0 Å². The highest BCUT2D eigenvalue weighted by Gasteiger charge is 2.38. The molecule has 2 rings (SSSR count). The van der Waals surface area contributed by atoms with Gasteiger partial charge in [-0.2, -0.15) is 8.78 Å². The summed E-state index contributed by atoms with van der Waals surface area (Å²) in [5.41, 5.74) is 0. The quantitative estimate of drug-likeness (QED) is 0.549. The van der Waals surface area contributed by atoms with Gasteiger partial charge < -0.3 is 0 Å². The summed E-state index contributed by atoms with van der Waals surface area (Å²) in [6.45, 7) is 0. The molecule has 62 valence electrons. The molecular formula is C9H12F2. The summed E-state index contributed by atoms with van der Waals surface area (Å²) in [6, 6.07) is 0. The Morgan fingerprint density at radius 2 is 2.00 bits per heavy atom. The SMILES string of the molecule is FC(F)=C[C@H]1C[C@H]2CC[C@H]1C2. The minimum absolute atomic E-state index is 0.207. The standard InChI is InChI=1S/C9H12F2/c10-9(11)5-8-4-6-1-2-7(8)3-6/h5-8H,1-4H2/t6-,7-,8+/m0/s1. The van der Waals surface area contributed by atoms with Crippen LogP contribution in [-0.4, -0.2) is 0 Å². The van der Waals surface area contributed by atoms with Crippen molar-refractivity contribution in [2.75, 3.05) is 0 Å². The molecule has 0 radical (unpaired) electrons. The molecule has 0 heterocycles. The van der Waals surface area contributed by atoms with Gasteiger partial charge in [0, 0.05) is 0 Å². The van der Waals surface area contributed by atoms with Crippen molar-refractivity contribution < 1.29 is 8.78 Å². The molecule has 2 saturated carbocycles. The van der Waals surface area contributed by atoms with Crippen LogP contribution in [0.15, 0.2) is 12.2 Å². The van der Waals surface area contributed by atoms with Crippen LogP contribution in [0.4, 0.5) is 8.78 Å². The summed E-state index contributed by atoms with van der Waals surface area (Å²) in [5.74, 6) is 1.56. The molecule has 0 spiro atoms. The molecule has 11 heavy (non-hydrogen) atoms. The van der Waals surface area contributed by atoms with Gasteiger partial charge in [-0.05, 0) is 43.1 Å². The second-order valence-electron chi connectivity index (χ2n) is 3.80. The van der Waals surface area contributed by atoms with Gasteiger partial charge in [0.1, 0.15) is 0 Å². The first-order valence-electron chi connectivity index (χ1n) is 4.28. The lowest BCUT2D eigenvalue weighted by molar-refractivity contribution is 0.359. The van der Waals surface area contributed by atoms with E-state index >= 15 is 0 Å². The zero-order valence-electron chi connectivity index (χ0n) is 6.39. The van der Waals surface area contributed by atoms with Gasteiger partial charge in [0.05, 0.1) is 0 Å². The van der Waals surface area contributed by atoms with Gasteiger partial charge in [0.25, 0.3) is 6.08 Å². The summed E-state index contributed by atoms with van der Waals surface area (Å²) < 4.78 is 23.7. The molecule has 0 nitrogen and oxygen atoms in total. The second-order valence-corrected chi connectivity index (χ2v) is 3.80. The maximum absolute atomic E-state index is 11.9. The summed E-state index contributed by atoms with van der Waals surface area (Å²) in [7, 11) is 0. The van der Waals surface area contributed by atoms with Crippen LogP contribution in [0.2, 0.25) is 0 Å². The fourth-order valence-corrected chi connectivity index (χ4v) is 2.66. The number of allylic oxidation sites excluding steroid dienone is 1. The molecule has 0 aromatic heterocycles. The minimum Gasteiger partial charge on any atom is -0.174 e. The summed E-state index contributed by atoms with van der Waals surface area (Å²) in [5, 5.41) is 0. The molecule has 2 aliphatic rings. The zero-order valence-corrected chi connectivity index (χ0v) is 6.39. The number of fused-ring (bicyclic) bond motifs is 2. The predicted octanol–water partition coefficient (Wildman–Crippen LogP) is 3.20. The maximum Gasteiger partial charge on any atom is 0.266 e. The number of hydrogen-bond acceptors (Lipinski definition) is 0. The molecule has 2 fully saturated rings. The third-order valence-electron chi connectivity index (χ3n) is 3.13. The van der Waals surface area contributed by atoms with Crippen molar-refractivity contribution in [1.29, 1.82) is 0 Å². The van der Waals surface area contributed by atoms with E-state index in [1.165, 1.54) is 25.3 Å². The summed E-state index contributed by atoms with van der Waals surface area (Å²) >= 11 is 0. The van der Waals surface area contributed by atoms with E-state index in [0.717, 1.165) is 12.3 Å². The molecule has 2 aliphatic carbocycles. The third-order valence-corrected chi connectivity index (χ3v) is 3.13. The Kier molecular flexibility index (Phi) is 1.70. The third kappa shape index (κ3) is 1.31. The first-order valence-corrected chi connectivity index (χ1v) is 4.28. The van der Waals surface area contributed by atoms with Crippen molar-refractivity contribution in [3.05, 3.63) is 12.2 Å². The van der Waals surface area contributed by atoms with Crippen molar-refractivity contribution in [2.24, 2.45) is 17.8 Å². The van der Waals surface area contributed by atoms with Crippen LogP contribution >= 0.6 is 0 Å². The number of rotatable bonds is 1. The number of halogens is 2. The highest BCUT2D eigenvalue weighted by atomic mass is 19.3. The molecule has 0 unspecified atom stereocenters. The molecule has 2 heteroatoms. The molecule has 0 aromatic carbocycles. The van der Waals surface area contributed by atoms with Crippen molar-refractivity contribution in [3.8, 4) is 0 Å². The van der Waals surface area contributed by atoms with E-state index < -0.39 is 6.08 Å². The van der Waals surface area contributed by atoms with Gasteiger partial charge in [-0.25, -0.2) is 0 Å². The van der Waals surface area contributed by atoms with E-state index in [1.54, 1.807) is 0 Å². The zero-order chi connectivity index (χ0) is 7.84. The molecule has 0 saturated heterocycles. The molecule has 0 N–H and O–H groups in total. The van der Waals surface area contributed by atoms with Gasteiger partial charge >= 0.3 is 0 Å². The van der Waals surface area contributed by atoms with Crippen LogP contribution in [0.1, 0.15) is 25.7 Å². The first-order chi connectivity index (χ1) is 5.25. The molecule has 0 amide bonds. The van der Waals surface area contributed by atoms with E-state index in [2.05, 4.69) is 0 Å². The summed E-state index contributed by atoms with van der Waals surface area (Å²) in [6.07, 6.45) is 4.37. The van der Waals surface area contributed by atoms with E-state index in [0.29, 0.717) is 5.92 Å². The Bertz CT molecular complexity index is 182. The van der Waals surface area contributed by atoms with Crippen LogP contribution < -0.4 is 0 Å². The van der Waals surface area contributed by atoms with Gasteiger partial charge in [-0.1, -0.05) is 6.42 Å². The Balaban J connectivity index is 2.03. The maximum atomic E-state index is 11.9. The van der Waals surface area contributed by atoms with Crippen molar-refractivity contribution in [3.63, 3.8) is 0 Å². The Hall–Kier alpha value is -0.400. The van der Waals surface area contributed by atoms with E-state index in [9.17, 15) is 8.78 Å². The normalized spacial score (nSPS) is 41.1. The predicted molar refractivity (Wildman–Crippen MR) is 39.2 cm³/mol. The van der Waals surface area contributed by atoms with Crippen LogP contribution in [-0.2, 0) is 0 Å². The number of hydrogen-bond donors (Lipinski definition) is 0. The first kappa shape index (κ1) is 7.26. The summed E-state index contributed by atoms with van der Waals surface area (Å²) in [4.78, 5) is 0. The Labute approximate surface area is 65.3 Å². The van der Waals surface area contributed by atoms with E-state index in [1.807, 2.05) is 0 Å². The lowest BCUT2D eigenvalue weighted by atomic mass is 9.89. The van der Waals surface area contributed by atoms with Crippen LogP contribution in [0.25, 0.3) is 0 Å². The topological polar surface area (TPSA) is 0 Å². The van der Waals surface area contributed by atoms with Gasteiger partial charge in [0.15, 0.2) is 0 Å². The Morgan fingerprint density at radius 3 is 2.45 bits per heavy atom. The van der Waals surface area contributed by atoms with Crippen molar-refractivity contribution >= 4 is 0 Å². The highest BCUT2D eigenvalue weighted by Crippen LogP contribution is 2.49. The Morgan fingerprint density at radius 1 is 1.18 bits per heavy atom. The molecular weight excluding hydrogens is 146 g/mol. The van der Waals surface area contributed by atoms with Crippen LogP contribution in [0, 0.1) is 17.8 Å². The molecule has 0 aliphatic heterocycles. The molecule has 2 bridgehead atoms. The largest absolute Gasteiger partial charge is 0.266 e. The van der Waals surface area contributed by atoms with Crippen molar-refractivity contribution in [1.82, 2.24) is 0 Å². The van der Waals surface area contributed by atoms with E-state index in [4.69, 9.17) is 0 Å². The highest BCUT2D eigenvalue weighted by molar-refractivity contribution is 5.00. The average Bonchev–Trinajstić information content (AvgIpc) is 2.45. The lowest BCUT2D eigenvalue weighted by Gasteiger charge is -2.16. The molecule has 3 atom stereocenters. The average molecular weight is 158 g/mol. The molecule has 0 aromatic rings. The monoisotopic (exact) mass is 158 g/mol. The second kappa shape index (κ2) is 2.58. The fraction of sp³-hybridized carbons (Fsp3) is 0.778. The van der Waals surface area contributed by atoms with Gasteiger partial charge in [-0.15, -0.1) is 0 Å².